The first kappa shape index (κ1) is 19.7. The van der Waals surface area contributed by atoms with Gasteiger partial charge in [0.1, 0.15) is 0 Å². The fraction of sp³-hybridized carbons (Fsp3) is 0.522. The average Bonchev–Trinajstić information content (AvgIpc) is 2.70. The van der Waals surface area contributed by atoms with Crippen LogP contribution in [0.5, 0.6) is 0 Å². The van der Waals surface area contributed by atoms with E-state index < -0.39 is 0 Å². The number of pyridine rings is 1. The zero-order valence-corrected chi connectivity index (χ0v) is 18.2. The number of aryl methyl sites for hydroxylation is 2. The molecule has 0 saturated carbocycles. The average molecular weight is 397 g/mol. The lowest BCUT2D eigenvalue weighted by Crippen LogP contribution is -2.44. The third-order valence-electron chi connectivity index (χ3n) is 5.91. The van der Waals surface area contributed by atoms with Gasteiger partial charge in [0.25, 0.3) is 0 Å². The monoisotopic (exact) mass is 396 g/mol. The van der Waals surface area contributed by atoms with E-state index in [4.69, 9.17) is 0 Å². The maximum absolute atomic E-state index is 4.65. The van der Waals surface area contributed by atoms with Crippen molar-refractivity contribution in [3.05, 3.63) is 58.4 Å². The third kappa shape index (κ3) is 4.53. The first-order valence-electron chi connectivity index (χ1n) is 10.4. The van der Waals surface area contributed by atoms with Gasteiger partial charge in [-0.3, -0.25) is 9.88 Å². The number of thioether (sulfide) groups is 1. The quantitative estimate of drug-likeness (QED) is 0.837. The van der Waals surface area contributed by atoms with Crippen molar-refractivity contribution in [3.8, 4) is 0 Å². The van der Waals surface area contributed by atoms with Crippen molar-refractivity contribution in [2.45, 2.75) is 39.4 Å². The van der Waals surface area contributed by atoms with E-state index in [1.54, 1.807) is 5.56 Å². The molecule has 0 unspecified atom stereocenters. The number of likely N-dealkylation sites (N-methyl/N-ethyl adjacent to an activating group) is 1. The van der Waals surface area contributed by atoms with E-state index in [2.05, 4.69) is 77.0 Å². The topological polar surface area (TPSA) is 31.4 Å². The van der Waals surface area contributed by atoms with Crippen LogP contribution >= 0.6 is 11.8 Å². The van der Waals surface area contributed by atoms with Gasteiger partial charge in [0, 0.05) is 62.2 Å². The summed E-state index contributed by atoms with van der Waals surface area (Å²) in [6.07, 6.45) is 3.09. The summed E-state index contributed by atoms with van der Waals surface area (Å²) in [5, 5.41) is 3.76. The van der Waals surface area contributed by atoms with Gasteiger partial charge in [0.15, 0.2) is 0 Å². The predicted molar refractivity (Wildman–Crippen MR) is 120 cm³/mol. The van der Waals surface area contributed by atoms with Crippen LogP contribution in [-0.4, -0.2) is 54.1 Å². The highest BCUT2D eigenvalue weighted by Gasteiger charge is 2.24. The number of hydrogen-bond acceptors (Lipinski definition) is 5. The smallest absolute Gasteiger partial charge is 0.0573 e. The molecule has 4 rings (SSSR count). The zero-order chi connectivity index (χ0) is 19.5. The number of rotatable bonds is 5. The Morgan fingerprint density at radius 2 is 2.07 bits per heavy atom. The standard InChI is InChI=1S/C23H32N4S/c1-17-11-18(2)22(25-13-17)16-26(3)15-20-12-21-19(14-24-20)5-4-6-23(21)27-7-9-28-10-8-27/h4-6,11,13,20,24H,7-10,12,14-16H2,1-3H3/t20-/m1/s1. The van der Waals surface area contributed by atoms with Crippen molar-refractivity contribution in [3.63, 3.8) is 0 Å². The van der Waals surface area contributed by atoms with Crippen LogP contribution in [0.2, 0.25) is 0 Å². The highest BCUT2D eigenvalue weighted by molar-refractivity contribution is 7.99. The molecule has 1 saturated heterocycles. The predicted octanol–water partition coefficient (Wildman–Crippen LogP) is 3.40. The molecule has 0 aliphatic carbocycles. The molecular formula is C23H32N4S. The van der Waals surface area contributed by atoms with Crippen LogP contribution in [0.1, 0.15) is 27.9 Å². The van der Waals surface area contributed by atoms with E-state index in [1.807, 2.05) is 6.20 Å². The third-order valence-corrected chi connectivity index (χ3v) is 6.85. The number of anilines is 1. The molecule has 2 aliphatic heterocycles. The molecule has 1 fully saturated rings. The van der Waals surface area contributed by atoms with Gasteiger partial charge < -0.3 is 10.2 Å². The highest BCUT2D eigenvalue weighted by atomic mass is 32.2. The molecule has 4 nitrogen and oxygen atoms in total. The number of hydrogen-bond donors (Lipinski definition) is 1. The summed E-state index contributed by atoms with van der Waals surface area (Å²) in [6.45, 7) is 9.55. The van der Waals surface area contributed by atoms with Crippen molar-refractivity contribution in [1.29, 1.82) is 0 Å². The maximum atomic E-state index is 4.65. The van der Waals surface area contributed by atoms with Crippen LogP contribution in [0.25, 0.3) is 0 Å². The lowest BCUT2D eigenvalue weighted by Gasteiger charge is -2.35. The molecule has 1 atom stereocenters. The molecule has 5 heteroatoms. The Morgan fingerprint density at radius 3 is 2.86 bits per heavy atom. The minimum Gasteiger partial charge on any atom is -0.370 e. The lowest BCUT2D eigenvalue weighted by atomic mass is 9.93. The molecule has 0 bridgehead atoms. The van der Waals surface area contributed by atoms with E-state index in [-0.39, 0.29) is 0 Å². The lowest BCUT2D eigenvalue weighted by molar-refractivity contribution is 0.271. The zero-order valence-electron chi connectivity index (χ0n) is 17.4. The number of benzene rings is 1. The summed E-state index contributed by atoms with van der Waals surface area (Å²) in [7, 11) is 2.21. The van der Waals surface area contributed by atoms with Gasteiger partial charge in [-0.1, -0.05) is 18.2 Å². The highest BCUT2D eigenvalue weighted by Crippen LogP contribution is 2.30. The fourth-order valence-corrected chi connectivity index (χ4v) is 5.33. The van der Waals surface area contributed by atoms with Crippen LogP contribution in [0.3, 0.4) is 0 Å². The summed E-state index contributed by atoms with van der Waals surface area (Å²) >= 11 is 2.08. The maximum Gasteiger partial charge on any atom is 0.0573 e. The van der Waals surface area contributed by atoms with Gasteiger partial charge >= 0.3 is 0 Å². The van der Waals surface area contributed by atoms with Crippen molar-refractivity contribution >= 4 is 17.4 Å². The second-order valence-electron chi connectivity index (χ2n) is 8.27. The minimum atomic E-state index is 0.489. The summed E-state index contributed by atoms with van der Waals surface area (Å²) in [4.78, 5) is 9.66. The van der Waals surface area contributed by atoms with Gasteiger partial charge in [0.05, 0.1) is 5.69 Å². The summed E-state index contributed by atoms with van der Waals surface area (Å²) in [5.74, 6) is 2.49. The number of fused-ring (bicyclic) bond motifs is 1. The summed E-state index contributed by atoms with van der Waals surface area (Å²) in [6, 6.07) is 9.58. The Bertz CT molecular complexity index is 816. The molecule has 3 heterocycles. The summed E-state index contributed by atoms with van der Waals surface area (Å²) in [5.41, 5.74) is 8.23. The fourth-order valence-electron chi connectivity index (χ4n) is 4.43. The van der Waals surface area contributed by atoms with Crippen LogP contribution in [0, 0.1) is 13.8 Å². The van der Waals surface area contributed by atoms with Crippen LogP contribution in [0.4, 0.5) is 5.69 Å². The van der Waals surface area contributed by atoms with Gasteiger partial charge in [-0.15, -0.1) is 0 Å². The molecule has 0 spiro atoms. The molecule has 2 aromatic rings. The van der Waals surface area contributed by atoms with Gasteiger partial charge in [-0.05, 0) is 55.6 Å². The number of nitrogens with zero attached hydrogens (tertiary/aromatic N) is 3. The van der Waals surface area contributed by atoms with E-state index in [9.17, 15) is 0 Å². The van der Waals surface area contributed by atoms with Gasteiger partial charge in [0.2, 0.25) is 0 Å². The van der Waals surface area contributed by atoms with E-state index in [0.717, 1.165) is 26.1 Å². The van der Waals surface area contributed by atoms with Crippen molar-refractivity contribution in [1.82, 2.24) is 15.2 Å². The van der Waals surface area contributed by atoms with Gasteiger partial charge in [-0.2, -0.15) is 11.8 Å². The van der Waals surface area contributed by atoms with Crippen molar-refractivity contribution in [2.24, 2.45) is 0 Å². The largest absolute Gasteiger partial charge is 0.370 e. The molecule has 28 heavy (non-hydrogen) atoms. The Morgan fingerprint density at radius 1 is 1.25 bits per heavy atom. The molecule has 0 amide bonds. The first-order chi connectivity index (χ1) is 13.6. The first-order valence-corrected chi connectivity index (χ1v) is 11.5. The van der Waals surface area contributed by atoms with Crippen LogP contribution < -0.4 is 10.2 Å². The normalized spacial score (nSPS) is 19.7. The SMILES string of the molecule is Cc1cnc(CN(C)C[C@H]2Cc3c(cccc3N3CCSCC3)CN2)c(C)c1. The molecule has 2 aliphatic rings. The molecule has 1 aromatic carbocycles. The Balaban J connectivity index is 1.43. The molecule has 1 N–H and O–H groups in total. The number of nitrogens with one attached hydrogen (secondary N) is 1. The molecular weight excluding hydrogens is 364 g/mol. The second-order valence-corrected chi connectivity index (χ2v) is 9.49. The Kier molecular flexibility index (Phi) is 6.24. The van der Waals surface area contributed by atoms with E-state index in [1.165, 1.54) is 52.7 Å². The van der Waals surface area contributed by atoms with Crippen molar-refractivity contribution < 1.29 is 0 Å². The van der Waals surface area contributed by atoms with E-state index >= 15 is 0 Å². The molecule has 1 aromatic heterocycles. The van der Waals surface area contributed by atoms with E-state index in [0.29, 0.717) is 6.04 Å². The van der Waals surface area contributed by atoms with Crippen molar-refractivity contribution in [2.75, 3.05) is 43.1 Å². The number of aromatic nitrogens is 1. The molecule has 0 radical (unpaired) electrons. The second kappa shape index (κ2) is 8.85. The summed E-state index contributed by atoms with van der Waals surface area (Å²) < 4.78 is 0. The Hall–Kier alpha value is -1.56. The minimum absolute atomic E-state index is 0.489. The van der Waals surface area contributed by atoms with Crippen LogP contribution in [-0.2, 0) is 19.5 Å². The van der Waals surface area contributed by atoms with Crippen LogP contribution in [0.15, 0.2) is 30.5 Å². The molecule has 150 valence electrons. The van der Waals surface area contributed by atoms with Gasteiger partial charge in [-0.25, -0.2) is 0 Å². The Labute approximate surface area is 173 Å².